The van der Waals surface area contributed by atoms with Crippen molar-refractivity contribution in [1.29, 1.82) is 5.26 Å². The summed E-state index contributed by atoms with van der Waals surface area (Å²) in [5.74, 6) is -0.282. The van der Waals surface area contributed by atoms with E-state index in [-0.39, 0.29) is 18.1 Å². The molecule has 0 atom stereocenters. The molecule has 0 radical (unpaired) electrons. The molecule has 0 unspecified atom stereocenters. The van der Waals surface area contributed by atoms with E-state index in [2.05, 4.69) is 0 Å². The predicted molar refractivity (Wildman–Crippen MR) is 59.1 cm³/mol. The number of hydrogen-bond acceptors (Lipinski definition) is 3. The van der Waals surface area contributed by atoms with Gasteiger partial charge in [-0.05, 0) is 18.9 Å². The Morgan fingerprint density at radius 1 is 1.38 bits per heavy atom. The van der Waals surface area contributed by atoms with Gasteiger partial charge in [0.1, 0.15) is 5.41 Å². The summed E-state index contributed by atoms with van der Waals surface area (Å²) in [4.78, 5) is 25.5. The van der Waals surface area contributed by atoms with Crippen molar-refractivity contribution in [1.82, 2.24) is 4.90 Å². The molecule has 0 aromatic rings. The van der Waals surface area contributed by atoms with E-state index in [0.717, 1.165) is 0 Å². The SMILES string of the molecule is CCC1(CC)C(=O)C=CN(CCC#N)C1=O. The van der Waals surface area contributed by atoms with E-state index in [1.165, 1.54) is 17.2 Å². The number of nitriles is 1. The lowest BCUT2D eigenvalue weighted by Gasteiger charge is -2.35. The zero-order chi connectivity index (χ0) is 12.2. The minimum atomic E-state index is -0.899. The zero-order valence-corrected chi connectivity index (χ0v) is 9.69. The van der Waals surface area contributed by atoms with Crippen molar-refractivity contribution in [3.05, 3.63) is 12.3 Å². The summed E-state index contributed by atoms with van der Waals surface area (Å²) in [5.41, 5.74) is -0.899. The molecule has 0 aliphatic carbocycles. The first-order valence-corrected chi connectivity index (χ1v) is 5.53. The fourth-order valence-corrected chi connectivity index (χ4v) is 2.01. The van der Waals surface area contributed by atoms with Gasteiger partial charge in [-0.1, -0.05) is 13.8 Å². The molecule has 1 aliphatic rings. The maximum atomic E-state index is 12.2. The first-order valence-electron chi connectivity index (χ1n) is 5.53. The number of hydrogen-bond donors (Lipinski definition) is 0. The Bertz CT molecular complexity index is 362. The van der Waals surface area contributed by atoms with Crippen LogP contribution in [0.4, 0.5) is 0 Å². The fourth-order valence-electron chi connectivity index (χ4n) is 2.01. The van der Waals surface area contributed by atoms with Gasteiger partial charge in [-0.3, -0.25) is 9.59 Å². The number of carbonyl (C=O) groups excluding carboxylic acids is 2. The first-order chi connectivity index (χ1) is 7.62. The topological polar surface area (TPSA) is 61.2 Å². The number of amides is 1. The molecule has 0 spiro atoms. The third-order valence-electron chi connectivity index (χ3n) is 3.22. The lowest BCUT2D eigenvalue weighted by molar-refractivity contribution is -0.147. The molecule has 1 heterocycles. The molecule has 1 aliphatic heterocycles. The van der Waals surface area contributed by atoms with Gasteiger partial charge in [0, 0.05) is 12.7 Å². The standard InChI is InChI=1S/C12H16N2O2/c1-3-12(4-2)10(15)6-9-14(11(12)16)8-5-7-13/h6,9H,3-5,8H2,1-2H3. The van der Waals surface area contributed by atoms with Gasteiger partial charge in [0.05, 0.1) is 12.5 Å². The van der Waals surface area contributed by atoms with Gasteiger partial charge < -0.3 is 4.90 Å². The minimum Gasteiger partial charge on any atom is -0.317 e. The zero-order valence-electron chi connectivity index (χ0n) is 9.69. The summed E-state index contributed by atoms with van der Waals surface area (Å²) in [6.45, 7) is 4.06. The minimum absolute atomic E-state index is 0.115. The molecular weight excluding hydrogens is 204 g/mol. The van der Waals surface area contributed by atoms with Gasteiger partial charge in [0.15, 0.2) is 5.78 Å². The average molecular weight is 220 g/mol. The summed E-state index contributed by atoms with van der Waals surface area (Å²) >= 11 is 0. The van der Waals surface area contributed by atoms with Crippen LogP contribution in [0.1, 0.15) is 33.1 Å². The molecule has 4 nitrogen and oxygen atoms in total. The van der Waals surface area contributed by atoms with Crippen molar-refractivity contribution in [2.45, 2.75) is 33.1 Å². The van der Waals surface area contributed by atoms with Crippen LogP contribution >= 0.6 is 0 Å². The number of carbonyl (C=O) groups is 2. The Morgan fingerprint density at radius 3 is 2.50 bits per heavy atom. The van der Waals surface area contributed by atoms with Crippen LogP contribution in [0.25, 0.3) is 0 Å². The maximum absolute atomic E-state index is 12.2. The van der Waals surface area contributed by atoms with Crippen molar-refractivity contribution < 1.29 is 9.59 Å². The highest BCUT2D eigenvalue weighted by Crippen LogP contribution is 2.33. The maximum Gasteiger partial charge on any atom is 0.240 e. The summed E-state index contributed by atoms with van der Waals surface area (Å²) in [5, 5.41) is 8.50. The molecule has 1 rings (SSSR count). The number of nitrogens with zero attached hydrogens (tertiary/aromatic N) is 2. The molecule has 86 valence electrons. The second kappa shape index (κ2) is 4.93. The highest BCUT2D eigenvalue weighted by Gasteiger charge is 2.45. The fraction of sp³-hybridized carbons (Fsp3) is 0.583. The Labute approximate surface area is 95.5 Å². The van der Waals surface area contributed by atoms with Crippen LogP contribution < -0.4 is 0 Å². The van der Waals surface area contributed by atoms with Gasteiger partial charge in [0.25, 0.3) is 0 Å². The van der Waals surface area contributed by atoms with E-state index in [4.69, 9.17) is 5.26 Å². The van der Waals surface area contributed by atoms with E-state index in [0.29, 0.717) is 19.4 Å². The van der Waals surface area contributed by atoms with Crippen LogP contribution in [0.15, 0.2) is 12.3 Å². The summed E-state index contributed by atoms with van der Waals surface area (Å²) in [7, 11) is 0. The van der Waals surface area contributed by atoms with Crippen LogP contribution in [0.3, 0.4) is 0 Å². The van der Waals surface area contributed by atoms with Gasteiger partial charge >= 0.3 is 0 Å². The summed E-state index contributed by atoms with van der Waals surface area (Å²) < 4.78 is 0. The second-order valence-corrected chi connectivity index (χ2v) is 3.88. The normalized spacial score (nSPS) is 18.7. The van der Waals surface area contributed by atoms with E-state index in [1.54, 1.807) is 0 Å². The van der Waals surface area contributed by atoms with Crippen molar-refractivity contribution in [2.24, 2.45) is 5.41 Å². The smallest absolute Gasteiger partial charge is 0.240 e. The molecule has 0 bridgehead atoms. The molecule has 4 heteroatoms. The van der Waals surface area contributed by atoms with Crippen molar-refractivity contribution in [2.75, 3.05) is 6.54 Å². The van der Waals surface area contributed by atoms with Crippen molar-refractivity contribution >= 4 is 11.7 Å². The molecule has 0 fully saturated rings. The lowest BCUT2D eigenvalue weighted by Crippen LogP contribution is -2.48. The molecule has 0 N–H and O–H groups in total. The third-order valence-corrected chi connectivity index (χ3v) is 3.22. The van der Waals surface area contributed by atoms with E-state index < -0.39 is 5.41 Å². The number of rotatable bonds is 4. The van der Waals surface area contributed by atoms with Gasteiger partial charge in [-0.25, -0.2) is 0 Å². The molecular formula is C12H16N2O2. The van der Waals surface area contributed by atoms with Crippen LogP contribution in [-0.4, -0.2) is 23.1 Å². The van der Waals surface area contributed by atoms with E-state index >= 15 is 0 Å². The Balaban J connectivity index is 2.97. The summed E-state index contributed by atoms with van der Waals surface area (Å²) in [6, 6.07) is 2.00. The van der Waals surface area contributed by atoms with Crippen LogP contribution in [-0.2, 0) is 9.59 Å². The van der Waals surface area contributed by atoms with Crippen molar-refractivity contribution in [3.63, 3.8) is 0 Å². The summed E-state index contributed by atoms with van der Waals surface area (Å²) in [6.07, 6.45) is 4.24. The first kappa shape index (κ1) is 12.4. The molecule has 1 amide bonds. The van der Waals surface area contributed by atoms with Gasteiger partial charge in [-0.15, -0.1) is 0 Å². The molecule has 0 saturated carbocycles. The molecule has 0 aromatic carbocycles. The largest absolute Gasteiger partial charge is 0.317 e. The second-order valence-electron chi connectivity index (χ2n) is 3.88. The predicted octanol–water partition coefficient (Wildman–Crippen LogP) is 1.63. The van der Waals surface area contributed by atoms with Crippen molar-refractivity contribution in [3.8, 4) is 6.07 Å². The average Bonchev–Trinajstić information content (AvgIpc) is 2.30. The Kier molecular flexibility index (Phi) is 3.83. The van der Waals surface area contributed by atoms with Gasteiger partial charge in [0.2, 0.25) is 5.91 Å². The molecule has 16 heavy (non-hydrogen) atoms. The highest BCUT2D eigenvalue weighted by atomic mass is 16.2. The monoisotopic (exact) mass is 220 g/mol. The van der Waals surface area contributed by atoms with E-state index in [1.807, 2.05) is 19.9 Å². The van der Waals surface area contributed by atoms with Crippen LogP contribution in [0.5, 0.6) is 0 Å². The third kappa shape index (κ3) is 1.85. The lowest BCUT2D eigenvalue weighted by atomic mass is 9.75. The molecule has 0 saturated heterocycles. The number of ketones is 1. The quantitative estimate of drug-likeness (QED) is 0.676. The number of allylic oxidation sites excluding steroid dienone is 1. The van der Waals surface area contributed by atoms with Crippen LogP contribution in [0, 0.1) is 16.7 Å². The van der Waals surface area contributed by atoms with Gasteiger partial charge in [-0.2, -0.15) is 5.26 Å². The van der Waals surface area contributed by atoms with E-state index in [9.17, 15) is 9.59 Å². The molecule has 0 aromatic heterocycles. The Hall–Kier alpha value is -1.63. The Morgan fingerprint density at radius 2 is 2.00 bits per heavy atom. The van der Waals surface area contributed by atoms with Crippen LogP contribution in [0.2, 0.25) is 0 Å². The highest BCUT2D eigenvalue weighted by molar-refractivity contribution is 6.13.